The van der Waals surface area contributed by atoms with Crippen LogP contribution in [0.15, 0.2) is 24.4 Å². The second-order valence-electron chi connectivity index (χ2n) is 6.54. The van der Waals surface area contributed by atoms with Crippen molar-refractivity contribution in [2.24, 2.45) is 0 Å². The molecule has 1 aromatic carbocycles. The van der Waals surface area contributed by atoms with Gasteiger partial charge in [0.25, 0.3) is 0 Å². The second kappa shape index (κ2) is 8.99. The van der Waals surface area contributed by atoms with Gasteiger partial charge >= 0.3 is 0 Å². The molecule has 0 N–H and O–H groups in total. The van der Waals surface area contributed by atoms with E-state index in [4.69, 9.17) is 21.1 Å². The summed E-state index contributed by atoms with van der Waals surface area (Å²) in [7, 11) is 1.57. The number of ketones is 1. The zero-order chi connectivity index (χ0) is 20.3. The van der Waals surface area contributed by atoms with Crippen LogP contribution in [0.2, 0.25) is 5.02 Å². The molecule has 0 saturated carbocycles. The summed E-state index contributed by atoms with van der Waals surface area (Å²) in [4.78, 5) is 22.8. The molecule has 3 rings (SSSR count). The number of nitrogens with zero attached hydrogens (tertiary/aromatic N) is 2. The number of rotatable bonds is 8. The normalized spacial score (nSPS) is 12.3. The Labute approximate surface area is 173 Å². The first-order chi connectivity index (χ1) is 13.4. The zero-order valence-electron chi connectivity index (χ0n) is 16.4. The van der Waals surface area contributed by atoms with E-state index in [1.807, 2.05) is 26.8 Å². The van der Waals surface area contributed by atoms with Crippen LogP contribution in [-0.4, -0.2) is 29.5 Å². The second-order valence-corrected chi connectivity index (χ2v) is 8.13. The molecule has 0 fully saturated rings. The van der Waals surface area contributed by atoms with Gasteiger partial charge in [-0.05, 0) is 44.0 Å². The first-order valence-electron chi connectivity index (χ1n) is 9.13. The van der Waals surface area contributed by atoms with E-state index in [0.717, 1.165) is 32.0 Å². The number of pyridine rings is 1. The van der Waals surface area contributed by atoms with Crippen molar-refractivity contribution in [2.75, 3.05) is 13.7 Å². The summed E-state index contributed by atoms with van der Waals surface area (Å²) < 4.78 is 11.0. The van der Waals surface area contributed by atoms with E-state index in [0.29, 0.717) is 23.8 Å². The lowest BCUT2D eigenvalue weighted by molar-refractivity contribution is -0.117. The minimum Gasteiger partial charge on any atom is -0.495 e. The molecule has 0 amide bonds. The van der Waals surface area contributed by atoms with E-state index in [2.05, 4.69) is 9.97 Å². The van der Waals surface area contributed by atoms with Gasteiger partial charge in [0.05, 0.1) is 23.2 Å². The van der Waals surface area contributed by atoms with Gasteiger partial charge in [-0.1, -0.05) is 29.0 Å². The summed E-state index contributed by atoms with van der Waals surface area (Å²) in [6, 6.07) is 5.41. The molecule has 148 valence electrons. The first kappa shape index (κ1) is 20.7. The highest BCUT2D eigenvalue weighted by Crippen LogP contribution is 2.32. The number of thiazole rings is 1. The van der Waals surface area contributed by atoms with Gasteiger partial charge in [-0.25, -0.2) is 9.97 Å². The summed E-state index contributed by atoms with van der Waals surface area (Å²) in [6.45, 7) is 6.50. The molecule has 0 aliphatic heterocycles. The van der Waals surface area contributed by atoms with Crippen LogP contribution in [0.4, 0.5) is 0 Å². The van der Waals surface area contributed by atoms with E-state index in [9.17, 15) is 4.79 Å². The number of carbonyl (C=O) groups is 1. The monoisotopic (exact) mass is 418 g/mol. The lowest BCUT2D eigenvalue weighted by atomic mass is 9.97. The minimum atomic E-state index is -0.157. The molecule has 28 heavy (non-hydrogen) atoms. The van der Waals surface area contributed by atoms with Crippen molar-refractivity contribution < 1.29 is 14.3 Å². The predicted molar refractivity (Wildman–Crippen MR) is 113 cm³/mol. The number of hydrogen-bond donors (Lipinski definition) is 0. The van der Waals surface area contributed by atoms with Crippen LogP contribution >= 0.6 is 22.9 Å². The summed E-state index contributed by atoms with van der Waals surface area (Å²) in [6.07, 6.45) is 2.19. The number of methoxy groups -OCH3 is 1. The van der Waals surface area contributed by atoms with Crippen LogP contribution in [0, 0.1) is 6.92 Å². The molecular formula is C21H23ClN2O3S. The van der Waals surface area contributed by atoms with Gasteiger partial charge in [-0.3, -0.25) is 4.79 Å². The van der Waals surface area contributed by atoms with Gasteiger partial charge in [-0.2, -0.15) is 0 Å². The minimum absolute atomic E-state index is 0.0827. The number of aromatic nitrogens is 2. The van der Waals surface area contributed by atoms with E-state index < -0.39 is 0 Å². The molecule has 1 atom stereocenters. The molecule has 0 aliphatic carbocycles. The van der Waals surface area contributed by atoms with Gasteiger partial charge in [0.15, 0.2) is 0 Å². The van der Waals surface area contributed by atoms with Gasteiger partial charge in [-0.15, -0.1) is 0 Å². The molecule has 3 aromatic rings. The number of carbonyl (C=O) groups excluding carboxylic acids is 1. The summed E-state index contributed by atoms with van der Waals surface area (Å²) in [5.41, 5.74) is 3.51. The number of Topliss-reactive ketones (excluding diaryl/α,β-unsaturated/α-hetero) is 1. The Bertz CT molecular complexity index is 1000. The molecule has 5 nitrogen and oxygen atoms in total. The van der Waals surface area contributed by atoms with Crippen LogP contribution in [0.5, 0.6) is 5.75 Å². The highest BCUT2D eigenvalue weighted by Gasteiger charge is 2.20. The molecule has 0 spiro atoms. The standard InChI is InChI=1S/C21H23ClN2O3S/c1-5-27-12(2)19-15(11-23-21-20(19)24-13(3)28-21)10-16(25)8-14-6-7-18(26-4)17(22)9-14/h6-7,9,11-12H,5,8,10H2,1-4H3. The lowest BCUT2D eigenvalue weighted by Gasteiger charge is -2.16. The fourth-order valence-corrected chi connectivity index (χ4v) is 4.34. The van der Waals surface area contributed by atoms with Crippen LogP contribution in [0.3, 0.4) is 0 Å². The smallest absolute Gasteiger partial charge is 0.143 e. The Balaban J connectivity index is 1.87. The fourth-order valence-electron chi connectivity index (χ4n) is 3.29. The van der Waals surface area contributed by atoms with E-state index in [-0.39, 0.29) is 18.3 Å². The average Bonchev–Trinajstić information content (AvgIpc) is 3.02. The SMILES string of the molecule is CCOC(C)c1c(CC(=O)Cc2ccc(OC)c(Cl)c2)cnc2sc(C)nc12. The van der Waals surface area contributed by atoms with Gasteiger partial charge < -0.3 is 9.47 Å². The molecule has 7 heteroatoms. The third-order valence-electron chi connectivity index (χ3n) is 4.48. The third-order valence-corrected chi connectivity index (χ3v) is 5.66. The number of aryl methyl sites for hydroxylation is 1. The van der Waals surface area contributed by atoms with Crippen molar-refractivity contribution in [3.63, 3.8) is 0 Å². The lowest BCUT2D eigenvalue weighted by Crippen LogP contribution is -2.12. The molecular weight excluding hydrogens is 396 g/mol. The fraction of sp³-hybridized carbons (Fsp3) is 0.381. The van der Waals surface area contributed by atoms with E-state index in [1.165, 1.54) is 0 Å². The molecule has 0 radical (unpaired) electrons. The maximum absolute atomic E-state index is 12.8. The third kappa shape index (κ3) is 4.51. The predicted octanol–water partition coefficient (Wildman–Crippen LogP) is 5.11. The van der Waals surface area contributed by atoms with Gasteiger partial charge in [0.1, 0.15) is 21.9 Å². The number of fused-ring (bicyclic) bond motifs is 1. The van der Waals surface area contributed by atoms with Crippen molar-refractivity contribution in [1.29, 1.82) is 0 Å². The first-order valence-corrected chi connectivity index (χ1v) is 10.3. The van der Waals surface area contributed by atoms with E-state index >= 15 is 0 Å². The van der Waals surface area contributed by atoms with Gasteiger partial charge in [0.2, 0.25) is 0 Å². The summed E-state index contributed by atoms with van der Waals surface area (Å²) in [5.74, 6) is 0.679. The largest absolute Gasteiger partial charge is 0.495 e. The van der Waals surface area contributed by atoms with Crippen LogP contribution < -0.4 is 4.74 Å². The van der Waals surface area contributed by atoms with Crippen molar-refractivity contribution in [3.8, 4) is 5.75 Å². The molecule has 1 unspecified atom stereocenters. The van der Waals surface area contributed by atoms with Crippen molar-refractivity contribution in [3.05, 3.63) is 51.1 Å². The quantitative estimate of drug-likeness (QED) is 0.508. The average molecular weight is 419 g/mol. The molecule has 0 aliphatic rings. The Hall–Kier alpha value is -2.02. The Morgan fingerprint density at radius 1 is 1.32 bits per heavy atom. The molecule has 2 heterocycles. The molecule has 0 saturated heterocycles. The Morgan fingerprint density at radius 2 is 2.11 bits per heavy atom. The van der Waals surface area contributed by atoms with E-state index in [1.54, 1.807) is 36.8 Å². The highest BCUT2D eigenvalue weighted by molar-refractivity contribution is 7.18. The van der Waals surface area contributed by atoms with Crippen molar-refractivity contribution >= 4 is 39.1 Å². The molecule has 0 bridgehead atoms. The van der Waals surface area contributed by atoms with Gasteiger partial charge in [0, 0.05) is 31.2 Å². The maximum Gasteiger partial charge on any atom is 0.143 e. The number of hydrogen-bond acceptors (Lipinski definition) is 6. The highest BCUT2D eigenvalue weighted by atomic mass is 35.5. The Kier molecular flexibility index (Phi) is 6.65. The van der Waals surface area contributed by atoms with Crippen LogP contribution in [0.25, 0.3) is 10.3 Å². The Morgan fingerprint density at radius 3 is 2.79 bits per heavy atom. The number of benzene rings is 1. The zero-order valence-corrected chi connectivity index (χ0v) is 18.0. The van der Waals surface area contributed by atoms with Crippen LogP contribution in [0.1, 0.15) is 41.6 Å². The van der Waals surface area contributed by atoms with Crippen molar-refractivity contribution in [1.82, 2.24) is 9.97 Å². The number of halogens is 1. The van der Waals surface area contributed by atoms with Crippen LogP contribution in [-0.2, 0) is 22.4 Å². The molecule has 2 aromatic heterocycles. The number of ether oxygens (including phenoxy) is 2. The topological polar surface area (TPSA) is 61.3 Å². The maximum atomic E-state index is 12.8. The summed E-state index contributed by atoms with van der Waals surface area (Å²) >= 11 is 7.72. The summed E-state index contributed by atoms with van der Waals surface area (Å²) in [5, 5.41) is 1.45. The van der Waals surface area contributed by atoms with Crippen molar-refractivity contribution in [2.45, 2.75) is 39.7 Å².